The molecule has 30 heavy (non-hydrogen) atoms. The topological polar surface area (TPSA) is 73.8 Å². The van der Waals surface area contributed by atoms with E-state index < -0.39 is 0 Å². The number of rotatable bonds is 6. The predicted octanol–water partition coefficient (Wildman–Crippen LogP) is 3.17. The van der Waals surface area contributed by atoms with E-state index >= 15 is 0 Å². The molecule has 0 aliphatic carbocycles. The van der Waals surface area contributed by atoms with Gasteiger partial charge in [-0.2, -0.15) is 0 Å². The monoisotopic (exact) mass is 423 g/mol. The van der Waals surface area contributed by atoms with E-state index in [2.05, 4.69) is 4.90 Å². The molecule has 0 unspecified atom stereocenters. The van der Waals surface area contributed by atoms with Gasteiger partial charge in [-0.05, 0) is 24.3 Å². The molecule has 7 nitrogen and oxygen atoms in total. The fourth-order valence-electron chi connectivity index (χ4n) is 3.52. The highest BCUT2D eigenvalue weighted by molar-refractivity contribution is 8.00. The third-order valence-corrected chi connectivity index (χ3v) is 6.11. The Labute approximate surface area is 178 Å². The van der Waals surface area contributed by atoms with Gasteiger partial charge in [-0.15, -0.1) is 0 Å². The normalized spacial score (nSPS) is 16.1. The van der Waals surface area contributed by atoms with Crippen molar-refractivity contribution in [2.75, 3.05) is 38.8 Å². The van der Waals surface area contributed by atoms with Crippen LogP contribution in [0.4, 0.5) is 0 Å². The average molecular weight is 423 g/mol. The minimum atomic E-state index is 0.0238. The lowest BCUT2D eigenvalue weighted by molar-refractivity contribution is 0.0330. The summed E-state index contributed by atoms with van der Waals surface area (Å²) in [6, 6.07) is 13.2. The molecule has 1 saturated heterocycles. The molecule has 0 saturated carbocycles. The van der Waals surface area contributed by atoms with Crippen molar-refractivity contribution >= 4 is 28.4 Å². The Morgan fingerprint density at radius 2 is 1.87 bits per heavy atom. The van der Waals surface area contributed by atoms with E-state index in [1.54, 1.807) is 18.2 Å². The lowest BCUT2D eigenvalue weighted by Gasteiger charge is -2.25. The molecule has 3 heterocycles. The Morgan fingerprint density at radius 3 is 2.77 bits per heavy atom. The molecule has 2 aromatic carbocycles. The molecule has 2 aliphatic heterocycles. The Bertz CT molecular complexity index is 1090. The van der Waals surface area contributed by atoms with Gasteiger partial charge in [0.25, 0.3) is 0 Å². The zero-order chi connectivity index (χ0) is 20.3. The van der Waals surface area contributed by atoms with Crippen molar-refractivity contribution in [3.05, 3.63) is 53.9 Å². The summed E-state index contributed by atoms with van der Waals surface area (Å²) >= 11 is 1.45. The van der Waals surface area contributed by atoms with E-state index in [4.69, 9.17) is 24.2 Å². The number of carbonyl (C=O) groups is 1. The summed E-state index contributed by atoms with van der Waals surface area (Å²) < 4.78 is 16.1. The summed E-state index contributed by atoms with van der Waals surface area (Å²) in [5.74, 6) is 2.38. The summed E-state index contributed by atoms with van der Waals surface area (Å²) in [4.78, 5) is 24.6. The average Bonchev–Trinajstić information content (AvgIpc) is 3.26. The molecule has 0 radical (unpaired) electrons. The van der Waals surface area contributed by atoms with E-state index in [9.17, 15) is 4.79 Å². The maximum absolute atomic E-state index is 12.8. The molecular weight excluding hydrogens is 402 g/mol. The number of benzene rings is 2. The molecular formula is C22H21N3O4S. The van der Waals surface area contributed by atoms with E-state index in [0.717, 1.165) is 48.1 Å². The number of para-hydroxylation sites is 1. The molecule has 2 aliphatic rings. The van der Waals surface area contributed by atoms with Gasteiger partial charge in [0.15, 0.2) is 17.3 Å². The van der Waals surface area contributed by atoms with Crippen molar-refractivity contribution in [1.29, 1.82) is 0 Å². The molecule has 1 aromatic heterocycles. The smallest absolute Gasteiger partial charge is 0.231 e. The second kappa shape index (κ2) is 8.59. The molecule has 0 atom stereocenters. The first kappa shape index (κ1) is 19.3. The van der Waals surface area contributed by atoms with Gasteiger partial charge in [-0.1, -0.05) is 30.0 Å². The molecule has 0 N–H and O–H groups in total. The maximum Gasteiger partial charge on any atom is 0.231 e. The number of ether oxygens (including phenoxy) is 3. The van der Waals surface area contributed by atoms with Crippen molar-refractivity contribution in [3.63, 3.8) is 0 Å². The molecule has 8 heteroatoms. The second-order valence-electron chi connectivity index (χ2n) is 7.13. The van der Waals surface area contributed by atoms with E-state index in [1.807, 2.05) is 24.3 Å². The number of Topliss-reactive ketones (excluding diaryl/α,β-unsaturated/α-hetero) is 1. The zero-order valence-corrected chi connectivity index (χ0v) is 17.2. The predicted molar refractivity (Wildman–Crippen MR) is 113 cm³/mol. The third-order valence-electron chi connectivity index (χ3n) is 5.12. The quantitative estimate of drug-likeness (QED) is 0.340. The second-order valence-corrected chi connectivity index (χ2v) is 8.09. The van der Waals surface area contributed by atoms with Crippen LogP contribution in [0.2, 0.25) is 0 Å². The van der Waals surface area contributed by atoms with Crippen LogP contribution in [0.1, 0.15) is 16.2 Å². The van der Waals surface area contributed by atoms with E-state index in [0.29, 0.717) is 23.6 Å². The minimum absolute atomic E-state index is 0.0238. The SMILES string of the molecule is O=C(CSc1nc(CN2CCOCC2)nc2ccccc12)c1ccc2c(c1)OCO2. The fourth-order valence-corrected chi connectivity index (χ4v) is 4.45. The maximum atomic E-state index is 12.8. The highest BCUT2D eigenvalue weighted by Gasteiger charge is 2.18. The zero-order valence-electron chi connectivity index (χ0n) is 16.4. The molecule has 0 bridgehead atoms. The standard InChI is InChI=1S/C22H21N3O4S/c26-18(15-5-6-19-20(11-15)29-14-28-19)13-30-22-16-3-1-2-4-17(16)23-21(24-22)12-25-7-9-27-10-8-25/h1-6,11H,7-10,12-14H2. The van der Waals surface area contributed by atoms with Crippen LogP contribution in [0, 0.1) is 0 Å². The number of hydrogen-bond donors (Lipinski definition) is 0. The van der Waals surface area contributed by atoms with Gasteiger partial charge in [0.1, 0.15) is 10.9 Å². The number of nitrogens with zero attached hydrogens (tertiary/aromatic N) is 3. The molecule has 3 aromatic rings. The summed E-state index contributed by atoms with van der Waals surface area (Å²) in [5.41, 5.74) is 1.51. The molecule has 0 amide bonds. The number of aromatic nitrogens is 2. The largest absolute Gasteiger partial charge is 0.454 e. The van der Waals surface area contributed by atoms with E-state index in [1.165, 1.54) is 11.8 Å². The Hall–Kier alpha value is -2.68. The number of thioether (sulfide) groups is 1. The third kappa shape index (κ3) is 4.12. The van der Waals surface area contributed by atoms with Crippen LogP contribution >= 0.6 is 11.8 Å². The van der Waals surface area contributed by atoms with Gasteiger partial charge >= 0.3 is 0 Å². The number of morpholine rings is 1. The highest BCUT2D eigenvalue weighted by Crippen LogP contribution is 2.33. The summed E-state index contributed by atoms with van der Waals surface area (Å²) in [7, 11) is 0. The molecule has 0 spiro atoms. The van der Waals surface area contributed by atoms with E-state index in [-0.39, 0.29) is 18.3 Å². The summed E-state index contributed by atoms with van der Waals surface area (Å²) in [6.45, 7) is 4.10. The van der Waals surface area contributed by atoms with Crippen LogP contribution in [0.15, 0.2) is 47.5 Å². The van der Waals surface area contributed by atoms with Gasteiger partial charge in [-0.3, -0.25) is 9.69 Å². The van der Waals surface area contributed by atoms with Crippen molar-refractivity contribution in [2.24, 2.45) is 0 Å². The van der Waals surface area contributed by atoms with Gasteiger partial charge in [0, 0.05) is 24.0 Å². The van der Waals surface area contributed by atoms with Gasteiger partial charge < -0.3 is 14.2 Å². The lowest BCUT2D eigenvalue weighted by Crippen LogP contribution is -2.36. The van der Waals surface area contributed by atoms with Crippen molar-refractivity contribution in [3.8, 4) is 11.5 Å². The highest BCUT2D eigenvalue weighted by atomic mass is 32.2. The van der Waals surface area contributed by atoms with Crippen LogP contribution in [0.25, 0.3) is 10.9 Å². The lowest BCUT2D eigenvalue weighted by atomic mass is 10.1. The van der Waals surface area contributed by atoms with Crippen molar-refractivity contribution in [1.82, 2.24) is 14.9 Å². The Balaban J connectivity index is 1.35. The van der Waals surface area contributed by atoms with Gasteiger partial charge in [0.05, 0.1) is 31.0 Å². The minimum Gasteiger partial charge on any atom is -0.454 e. The number of ketones is 1. The first-order valence-corrected chi connectivity index (χ1v) is 10.9. The van der Waals surface area contributed by atoms with Crippen LogP contribution in [0.5, 0.6) is 11.5 Å². The molecule has 154 valence electrons. The Morgan fingerprint density at radius 1 is 1.03 bits per heavy atom. The summed E-state index contributed by atoms with van der Waals surface area (Å²) in [6.07, 6.45) is 0. The summed E-state index contributed by atoms with van der Waals surface area (Å²) in [5, 5.41) is 1.80. The van der Waals surface area contributed by atoms with Crippen LogP contribution < -0.4 is 9.47 Å². The van der Waals surface area contributed by atoms with Crippen molar-refractivity contribution < 1.29 is 19.0 Å². The van der Waals surface area contributed by atoms with Crippen molar-refractivity contribution in [2.45, 2.75) is 11.6 Å². The fraction of sp³-hybridized carbons (Fsp3) is 0.318. The first-order valence-electron chi connectivity index (χ1n) is 9.88. The van der Waals surface area contributed by atoms with Crippen LogP contribution in [-0.4, -0.2) is 59.5 Å². The number of fused-ring (bicyclic) bond motifs is 2. The number of hydrogen-bond acceptors (Lipinski definition) is 8. The van der Waals surface area contributed by atoms with Gasteiger partial charge in [0.2, 0.25) is 6.79 Å². The Kier molecular flexibility index (Phi) is 5.52. The van der Waals surface area contributed by atoms with Crippen LogP contribution in [-0.2, 0) is 11.3 Å². The molecule has 1 fully saturated rings. The van der Waals surface area contributed by atoms with Gasteiger partial charge in [-0.25, -0.2) is 9.97 Å². The first-order chi connectivity index (χ1) is 14.8. The molecule has 5 rings (SSSR count). The van der Waals surface area contributed by atoms with Crippen LogP contribution in [0.3, 0.4) is 0 Å². The number of carbonyl (C=O) groups excluding carboxylic acids is 1.